The third kappa shape index (κ3) is 2.18. The number of pyridine rings is 1. The Bertz CT molecular complexity index is 1120. The summed E-state index contributed by atoms with van der Waals surface area (Å²) in [6.45, 7) is 4.39. The largest absolute Gasteiger partial charge is 0.277 e. The van der Waals surface area contributed by atoms with Crippen molar-refractivity contribution in [2.75, 3.05) is 4.90 Å². The minimum Gasteiger partial charge on any atom is -0.277 e. The van der Waals surface area contributed by atoms with E-state index in [2.05, 4.69) is 35.9 Å². The van der Waals surface area contributed by atoms with Gasteiger partial charge in [-0.1, -0.05) is 54.1 Å². The maximum absolute atomic E-state index is 13.5. The van der Waals surface area contributed by atoms with Crippen molar-refractivity contribution < 1.29 is 4.79 Å². The van der Waals surface area contributed by atoms with Crippen molar-refractivity contribution in [2.45, 2.75) is 20.3 Å². The van der Waals surface area contributed by atoms with Crippen LogP contribution in [-0.2, 0) is 6.42 Å². The number of carbonyl (C=O) groups excluding carboxylic acids is 1. The van der Waals surface area contributed by atoms with Crippen molar-refractivity contribution >= 4 is 44.1 Å². The Labute approximate surface area is 160 Å². The summed E-state index contributed by atoms with van der Waals surface area (Å²) in [7, 11) is 0. The van der Waals surface area contributed by atoms with Gasteiger partial charge in [0.2, 0.25) is 0 Å². The first-order chi connectivity index (χ1) is 12.4. The number of aromatic nitrogens is 1. The molecule has 3 nitrogen and oxygen atoms in total. The standard InChI is InChI=1S/C22H17BrN2O/c1-22(2)11-17-20-18(12-22)25(14-6-4-3-5-7-14)21(26)19(20)15-10-13(23)8-9-16(15)24-17/h3-10,12H,11H2,1-2H3. The van der Waals surface area contributed by atoms with Crippen molar-refractivity contribution in [3.63, 3.8) is 0 Å². The second-order valence-electron chi connectivity index (χ2n) is 7.64. The van der Waals surface area contributed by atoms with E-state index in [0.29, 0.717) is 0 Å². The highest BCUT2D eigenvalue weighted by Crippen LogP contribution is 2.47. The van der Waals surface area contributed by atoms with Crippen LogP contribution in [0, 0.1) is 5.41 Å². The summed E-state index contributed by atoms with van der Waals surface area (Å²) in [5.74, 6) is 0.0295. The SMILES string of the molecule is CC1(C)C=C2c3c(nc4ccc(Br)cc4c3C(=O)N2c2ccccc2)C1. The molecule has 0 radical (unpaired) electrons. The van der Waals surface area contributed by atoms with Gasteiger partial charge in [0.1, 0.15) is 0 Å². The van der Waals surface area contributed by atoms with Crippen LogP contribution in [0.3, 0.4) is 0 Å². The average molecular weight is 405 g/mol. The highest BCUT2D eigenvalue weighted by atomic mass is 79.9. The Morgan fingerprint density at radius 2 is 1.85 bits per heavy atom. The molecule has 4 heteroatoms. The van der Waals surface area contributed by atoms with Gasteiger partial charge in [-0.2, -0.15) is 0 Å². The summed E-state index contributed by atoms with van der Waals surface area (Å²) in [5, 5.41) is 0.909. The highest BCUT2D eigenvalue weighted by Gasteiger charge is 2.42. The molecule has 26 heavy (non-hydrogen) atoms. The van der Waals surface area contributed by atoms with Crippen molar-refractivity contribution in [1.82, 2.24) is 4.98 Å². The number of anilines is 1. The predicted molar refractivity (Wildman–Crippen MR) is 108 cm³/mol. The smallest absolute Gasteiger partial charge is 0.264 e. The fourth-order valence-electron chi connectivity index (χ4n) is 4.07. The number of rotatable bonds is 1. The predicted octanol–water partition coefficient (Wildman–Crippen LogP) is 5.58. The molecule has 1 aromatic heterocycles. The first kappa shape index (κ1) is 15.8. The van der Waals surface area contributed by atoms with Crippen LogP contribution in [0.4, 0.5) is 5.69 Å². The van der Waals surface area contributed by atoms with Crippen LogP contribution in [0.5, 0.6) is 0 Å². The van der Waals surface area contributed by atoms with Crippen molar-refractivity contribution in [3.05, 3.63) is 75.9 Å². The zero-order chi connectivity index (χ0) is 18.1. The van der Waals surface area contributed by atoms with Crippen LogP contribution >= 0.6 is 15.9 Å². The molecule has 0 saturated heterocycles. The molecule has 2 aromatic carbocycles. The Hall–Kier alpha value is -2.46. The number of para-hydroxylation sites is 1. The summed E-state index contributed by atoms with van der Waals surface area (Å²) in [5.41, 5.74) is 5.49. The molecule has 5 rings (SSSR count). The number of benzene rings is 2. The van der Waals surface area contributed by atoms with Crippen LogP contribution in [0.1, 0.15) is 35.5 Å². The van der Waals surface area contributed by atoms with Crippen molar-refractivity contribution in [3.8, 4) is 0 Å². The fraction of sp³-hybridized carbons (Fsp3) is 0.182. The molecule has 0 saturated carbocycles. The van der Waals surface area contributed by atoms with Gasteiger partial charge in [-0.05, 0) is 42.2 Å². The van der Waals surface area contributed by atoms with E-state index in [1.54, 1.807) is 0 Å². The number of nitrogens with zero attached hydrogens (tertiary/aromatic N) is 2. The average Bonchev–Trinajstić information content (AvgIpc) is 2.88. The Kier molecular flexibility index (Phi) is 3.20. The molecule has 3 aromatic rings. The van der Waals surface area contributed by atoms with E-state index in [0.717, 1.165) is 50.0 Å². The molecule has 0 fully saturated rings. The van der Waals surface area contributed by atoms with Crippen LogP contribution in [0.25, 0.3) is 16.6 Å². The summed E-state index contributed by atoms with van der Waals surface area (Å²) in [6, 6.07) is 15.8. The van der Waals surface area contributed by atoms with E-state index < -0.39 is 0 Å². The topological polar surface area (TPSA) is 33.2 Å². The Balaban J connectivity index is 1.88. The third-order valence-electron chi connectivity index (χ3n) is 5.10. The lowest BCUT2D eigenvalue weighted by Crippen LogP contribution is -2.26. The minimum absolute atomic E-state index is 0.0295. The second kappa shape index (κ2) is 5.27. The molecule has 1 aliphatic heterocycles. The van der Waals surface area contributed by atoms with E-state index in [-0.39, 0.29) is 11.3 Å². The molecule has 0 bridgehead atoms. The van der Waals surface area contributed by atoms with Crippen LogP contribution in [0.15, 0.2) is 59.1 Å². The molecule has 1 aliphatic carbocycles. The monoisotopic (exact) mass is 404 g/mol. The van der Waals surface area contributed by atoms with Gasteiger partial charge in [-0.25, -0.2) is 0 Å². The summed E-state index contributed by atoms with van der Waals surface area (Å²) >= 11 is 3.54. The molecular formula is C22H17BrN2O. The van der Waals surface area contributed by atoms with E-state index in [1.807, 2.05) is 53.4 Å². The Morgan fingerprint density at radius 1 is 1.08 bits per heavy atom. The summed E-state index contributed by atoms with van der Waals surface area (Å²) < 4.78 is 0.954. The van der Waals surface area contributed by atoms with Gasteiger partial charge >= 0.3 is 0 Å². The zero-order valence-electron chi connectivity index (χ0n) is 14.6. The number of hydrogen-bond acceptors (Lipinski definition) is 2. The van der Waals surface area contributed by atoms with E-state index >= 15 is 0 Å². The highest BCUT2D eigenvalue weighted by molar-refractivity contribution is 9.10. The minimum atomic E-state index is -0.0483. The molecule has 0 N–H and O–H groups in total. The normalized spacial score (nSPS) is 17.4. The summed E-state index contributed by atoms with van der Waals surface area (Å²) in [4.78, 5) is 20.3. The number of fused-ring (bicyclic) bond motifs is 2. The molecule has 2 aliphatic rings. The zero-order valence-corrected chi connectivity index (χ0v) is 16.2. The lowest BCUT2D eigenvalue weighted by Gasteiger charge is -2.30. The fourth-order valence-corrected chi connectivity index (χ4v) is 4.43. The quantitative estimate of drug-likeness (QED) is 0.530. The molecule has 0 spiro atoms. The third-order valence-corrected chi connectivity index (χ3v) is 5.59. The maximum Gasteiger partial charge on any atom is 0.264 e. The van der Waals surface area contributed by atoms with Gasteiger partial charge in [0, 0.05) is 21.1 Å². The van der Waals surface area contributed by atoms with E-state index in [9.17, 15) is 4.79 Å². The molecular weight excluding hydrogens is 388 g/mol. The molecule has 2 heterocycles. The first-order valence-corrected chi connectivity index (χ1v) is 9.49. The molecule has 1 amide bonds. The van der Waals surface area contributed by atoms with Gasteiger partial charge in [-0.15, -0.1) is 0 Å². The van der Waals surface area contributed by atoms with Crippen LogP contribution in [-0.4, -0.2) is 10.9 Å². The number of allylic oxidation sites excluding steroid dienone is 1. The first-order valence-electron chi connectivity index (χ1n) is 8.69. The number of hydrogen-bond donors (Lipinski definition) is 0. The van der Waals surface area contributed by atoms with E-state index in [4.69, 9.17) is 4.98 Å². The maximum atomic E-state index is 13.5. The molecule has 0 unspecified atom stereocenters. The van der Waals surface area contributed by atoms with Crippen molar-refractivity contribution in [1.29, 1.82) is 0 Å². The lowest BCUT2D eigenvalue weighted by atomic mass is 9.79. The van der Waals surface area contributed by atoms with E-state index in [1.165, 1.54) is 0 Å². The van der Waals surface area contributed by atoms with Crippen LogP contribution in [0.2, 0.25) is 0 Å². The van der Waals surface area contributed by atoms with Crippen molar-refractivity contribution in [2.24, 2.45) is 5.41 Å². The lowest BCUT2D eigenvalue weighted by molar-refractivity contribution is 0.101. The number of carbonyl (C=O) groups is 1. The second-order valence-corrected chi connectivity index (χ2v) is 8.56. The van der Waals surface area contributed by atoms with Gasteiger partial charge < -0.3 is 0 Å². The molecule has 128 valence electrons. The van der Waals surface area contributed by atoms with Gasteiger partial charge in [0.15, 0.2) is 0 Å². The van der Waals surface area contributed by atoms with Gasteiger partial charge in [0.25, 0.3) is 5.91 Å². The summed E-state index contributed by atoms with van der Waals surface area (Å²) in [6.07, 6.45) is 3.06. The van der Waals surface area contributed by atoms with Crippen LogP contribution < -0.4 is 4.90 Å². The number of halogens is 1. The number of amides is 1. The Morgan fingerprint density at radius 3 is 2.62 bits per heavy atom. The van der Waals surface area contributed by atoms with Gasteiger partial charge in [-0.3, -0.25) is 14.7 Å². The molecule has 0 atom stereocenters. The van der Waals surface area contributed by atoms with Gasteiger partial charge in [0.05, 0.1) is 22.5 Å².